The quantitative estimate of drug-likeness (QED) is 0.691. The van der Waals surface area contributed by atoms with E-state index in [2.05, 4.69) is 22.8 Å². The lowest BCUT2D eigenvalue weighted by Gasteiger charge is -2.20. The Bertz CT molecular complexity index is 863. The largest absolute Gasteiger partial charge is 0.322 e. The van der Waals surface area contributed by atoms with Crippen LogP contribution >= 0.6 is 0 Å². The molecule has 0 aliphatic heterocycles. The SMILES string of the molecule is Cc1ccc([C@H](NCC(=O)Nc2ccccc2F)c2ccccc2)cc1. The van der Waals surface area contributed by atoms with E-state index in [-0.39, 0.29) is 24.2 Å². The zero-order chi connectivity index (χ0) is 18.4. The lowest BCUT2D eigenvalue weighted by Crippen LogP contribution is -2.32. The number of halogens is 1. The molecule has 0 heterocycles. The van der Waals surface area contributed by atoms with Gasteiger partial charge in [0.2, 0.25) is 5.91 Å². The third kappa shape index (κ3) is 4.55. The van der Waals surface area contributed by atoms with Crippen molar-refractivity contribution in [2.75, 3.05) is 11.9 Å². The number of hydrogen-bond donors (Lipinski definition) is 2. The first-order chi connectivity index (χ1) is 12.6. The lowest BCUT2D eigenvalue weighted by molar-refractivity contribution is -0.115. The summed E-state index contributed by atoms with van der Waals surface area (Å²) in [6, 6.07) is 24.2. The Morgan fingerprint density at radius 1 is 0.885 bits per heavy atom. The number of anilines is 1. The maximum atomic E-state index is 13.7. The second-order valence-electron chi connectivity index (χ2n) is 6.16. The first-order valence-electron chi connectivity index (χ1n) is 8.53. The van der Waals surface area contributed by atoms with Gasteiger partial charge in [-0.25, -0.2) is 4.39 Å². The van der Waals surface area contributed by atoms with Crippen molar-refractivity contribution in [1.29, 1.82) is 0 Å². The number of rotatable bonds is 6. The summed E-state index contributed by atoms with van der Waals surface area (Å²) in [5, 5.41) is 5.88. The number of carbonyl (C=O) groups excluding carboxylic acids is 1. The van der Waals surface area contributed by atoms with Crippen molar-refractivity contribution in [1.82, 2.24) is 5.32 Å². The van der Waals surface area contributed by atoms with Crippen molar-refractivity contribution in [3.8, 4) is 0 Å². The van der Waals surface area contributed by atoms with Gasteiger partial charge in [-0.2, -0.15) is 0 Å². The highest BCUT2D eigenvalue weighted by Gasteiger charge is 2.15. The maximum Gasteiger partial charge on any atom is 0.238 e. The predicted molar refractivity (Wildman–Crippen MR) is 102 cm³/mol. The van der Waals surface area contributed by atoms with Crippen molar-refractivity contribution in [3.63, 3.8) is 0 Å². The normalized spacial score (nSPS) is 11.8. The monoisotopic (exact) mass is 348 g/mol. The highest BCUT2D eigenvalue weighted by molar-refractivity contribution is 5.92. The van der Waals surface area contributed by atoms with Crippen LogP contribution in [-0.4, -0.2) is 12.5 Å². The average molecular weight is 348 g/mol. The van der Waals surface area contributed by atoms with Gasteiger partial charge >= 0.3 is 0 Å². The lowest BCUT2D eigenvalue weighted by atomic mass is 9.98. The minimum absolute atomic E-state index is 0.0712. The summed E-state index contributed by atoms with van der Waals surface area (Å²) in [7, 11) is 0. The van der Waals surface area contributed by atoms with Gasteiger partial charge in [0.25, 0.3) is 0 Å². The molecule has 0 saturated heterocycles. The van der Waals surface area contributed by atoms with Crippen LogP contribution in [0.3, 0.4) is 0 Å². The topological polar surface area (TPSA) is 41.1 Å². The second-order valence-corrected chi connectivity index (χ2v) is 6.16. The Labute approximate surface area is 152 Å². The van der Waals surface area contributed by atoms with Crippen LogP contribution in [0.25, 0.3) is 0 Å². The van der Waals surface area contributed by atoms with E-state index in [9.17, 15) is 9.18 Å². The fourth-order valence-corrected chi connectivity index (χ4v) is 2.78. The van der Waals surface area contributed by atoms with E-state index in [1.807, 2.05) is 49.4 Å². The van der Waals surface area contributed by atoms with Crippen LogP contribution in [0.2, 0.25) is 0 Å². The number of benzene rings is 3. The number of hydrogen-bond acceptors (Lipinski definition) is 2. The van der Waals surface area contributed by atoms with Crippen LogP contribution in [0, 0.1) is 12.7 Å². The van der Waals surface area contributed by atoms with Crippen molar-refractivity contribution >= 4 is 11.6 Å². The number of carbonyl (C=O) groups is 1. The summed E-state index contributed by atoms with van der Waals surface area (Å²) in [6.45, 7) is 2.11. The molecule has 0 fully saturated rings. The van der Waals surface area contributed by atoms with Crippen LogP contribution in [0.4, 0.5) is 10.1 Å². The zero-order valence-corrected chi connectivity index (χ0v) is 14.6. The van der Waals surface area contributed by atoms with Gasteiger partial charge in [-0.15, -0.1) is 0 Å². The van der Waals surface area contributed by atoms with Crippen molar-refractivity contribution in [2.24, 2.45) is 0 Å². The Balaban J connectivity index is 1.73. The molecule has 4 heteroatoms. The Morgan fingerprint density at radius 3 is 2.19 bits per heavy atom. The molecule has 1 atom stereocenters. The fourth-order valence-electron chi connectivity index (χ4n) is 2.78. The van der Waals surface area contributed by atoms with E-state index in [1.54, 1.807) is 18.2 Å². The highest BCUT2D eigenvalue weighted by atomic mass is 19.1. The third-order valence-electron chi connectivity index (χ3n) is 4.16. The molecular weight excluding hydrogens is 327 g/mol. The molecule has 3 nitrogen and oxygen atoms in total. The predicted octanol–water partition coefficient (Wildman–Crippen LogP) is 4.45. The number of aryl methyl sites for hydroxylation is 1. The minimum Gasteiger partial charge on any atom is -0.322 e. The number of nitrogens with one attached hydrogen (secondary N) is 2. The molecule has 0 radical (unpaired) electrons. The molecule has 0 unspecified atom stereocenters. The molecule has 0 aliphatic rings. The molecule has 2 N–H and O–H groups in total. The average Bonchev–Trinajstić information content (AvgIpc) is 2.66. The van der Waals surface area contributed by atoms with E-state index in [4.69, 9.17) is 0 Å². The summed E-state index contributed by atoms with van der Waals surface area (Å²) in [5.74, 6) is -0.734. The van der Waals surface area contributed by atoms with Gasteiger partial charge in [0.1, 0.15) is 5.82 Å². The Hall–Kier alpha value is -2.98. The van der Waals surface area contributed by atoms with E-state index in [0.717, 1.165) is 11.1 Å². The molecule has 0 saturated carbocycles. The molecule has 0 bridgehead atoms. The molecule has 0 spiro atoms. The van der Waals surface area contributed by atoms with E-state index in [0.29, 0.717) is 0 Å². The zero-order valence-electron chi connectivity index (χ0n) is 14.6. The van der Waals surface area contributed by atoms with Gasteiger partial charge in [0.15, 0.2) is 0 Å². The first-order valence-corrected chi connectivity index (χ1v) is 8.53. The van der Waals surface area contributed by atoms with Crippen LogP contribution < -0.4 is 10.6 Å². The Kier molecular flexibility index (Phi) is 5.77. The molecule has 1 amide bonds. The molecule has 26 heavy (non-hydrogen) atoms. The van der Waals surface area contributed by atoms with Crippen molar-refractivity contribution in [3.05, 3.63) is 101 Å². The second kappa shape index (κ2) is 8.41. The molecule has 3 rings (SSSR count). The summed E-state index contributed by atoms with van der Waals surface area (Å²) in [5.41, 5.74) is 3.50. The minimum atomic E-state index is -0.445. The Morgan fingerprint density at radius 2 is 1.50 bits per heavy atom. The van der Waals surface area contributed by atoms with E-state index in [1.165, 1.54) is 11.6 Å². The van der Waals surface area contributed by atoms with Crippen LogP contribution in [0.15, 0.2) is 78.9 Å². The van der Waals surface area contributed by atoms with Gasteiger partial charge in [0.05, 0.1) is 18.3 Å². The third-order valence-corrected chi connectivity index (χ3v) is 4.16. The fraction of sp³-hybridized carbons (Fsp3) is 0.136. The van der Waals surface area contributed by atoms with Gasteiger partial charge in [-0.05, 0) is 30.2 Å². The van der Waals surface area contributed by atoms with E-state index < -0.39 is 5.82 Å². The van der Waals surface area contributed by atoms with Gasteiger partial charge < -0.3 is 5.32 Å². The van der Waals surface area contributed by atoms with Gasteiger partial charge in [0, 0.05) is 0 Å². The molecule has 0 aromatic heterocycles. The molecule has 3 aromatic carbocycles. The van der Waals surface area contributed by atoms with Crippen LogP contribution in [0.5, 0.6) is 0 Å². The van der Waals surface area contributed by atoms with Gasteiger partial charge in [-0.3, -0.25) is 10.1 Å². The van der Waals surface area contributed by atoms with Crippen LogP contribution in [-0.2, 0) is 4.79 Å². The summed E-state index contributed by atoms with van der Waals surface area (Å²) in [4.78, 5) is 12.2. The summed E-state index contributed by atoms with van der Waals surface area (Å²) >= 11 is 0. The smallest absolute Gasteiger partial charge is 0.238 e. The maximum absolute atomic E-state index is 13.7. The van der Waals surface area contributed by atoms with Gasteiger partial charge in [-0.1, -0.05) is 72.3 Å². The number of para-hydroxylation sites is 1. The standard InChI is InChI=1S/C22H21FN2O/c1-16-11-13-18(14-12-16)22(17-7-3-2-4-8-17)24-15-21(26)25-20-10-6-5-9-19(20)23/h2-14,22,24H,15H2,1H3,(H,25,26)/t22-/m1/s1. The first kappa shape index (κ1) is 17.8. The molecule has 3 aromatic rings. The highest BCUT2D eigenvalue weighted by Crippen LogP contribution is 2.22. The van der Waals surface area contributed by atoms with Crippen molar-refractivity contribution < 1.29 is 9.18 Å². The summed E-state index contributed by atoms with van der Waals surface area (Å²) in [6.07, 6.45) is 0. The van der Waals surface area contributed by atoms with Crippen molar-refractivity contribution in [2.45, 2.75) is 13.0 Å². The molecular formula is C22H21FN2O. The molecule has 132 valence electrons. The molecule has 0 aliphatic carbocycles. The number of amides is 1. The summed E-state index contributed by atoms with van der Waals surface area (Å²) < 4.78 is 13.7. The van der Waals surface area contributed by atoms with E-state index >= 15 is 0 Å². The van der Waals surface area contributed by atoms with Crippen LogP contribution in [0.1, 0.15) is 22.7 Å².